The standard InChI is InChI=1S/C15H22N2O4/c1-17(10-15(19)3-5-21-6-4-15)14(18)11-7-12(16)9-13(8-11)20-2/h7-9,19H,3-6,10,16H2,1-2H3. The first-order valence-corrected chi connectivity index (χ1v) is 6.94. The molecule has 6 heteroatoms. The molecule has 1 fully saturated rings. The zero-order valence-electron chi connectivity index (χ0n) is 12.5. The summed E-state index contributed by atoms with van der Waals surface area (Å²) in [5.41, 5.74) is 5.80. The largest absolute Gasteiger partial charge is 0.497 e. The number of aliphatic hydroxyl groups is 1. The average molecular weight is 294 g/mol. The summed E-state index contributed by atoms with van der Waals surface area (Å²) in [5.74, 6) is 0.344. The summed E-state index contributed by atoms with van der Waals surface area (Å²) in [6, 6.07) is 4.90. The van der Waals surface area contributed by atoms with Crippen molar-refractivity contribution in [3.8, 4) is 5.75 Å². The number of nitrogen functional groups attached to an aromatic ring is 1. The summed E-state index contributed by atoms with van der Waals surface area (Å²) >= 11 is 0. The molecule has 0 atom stereocenters. The van der Waals surface area contributed by atoms with E-state index in [-0.39, 0.29) is 12.5 Å². The second kappa shape index (κ2) is 6.32. The van der Waals surface area contributed by atoms with Gasteiger partial charge in [0.05, 0.1) is 12.7 Å². The van der Waals surface area contributed by atoms with Crippen LogP contribution in [-0.2, 0) is 4.74 Å². The Kier molecular flexibility index (Phi) is 4.69. The normalized spacial score (nSPS) is 17.3. The van der Waals surface area contributed by atoms with Crippen molar-refractivity contribution in [3.63, 3.8) is 0 Å². The van der Waals surface area contributed by atoms with E-state index in [1.54, 1.807) is 25.2 Å². The molecule has 1 aromatic rings. The Morgan fingerprint density at radius 2 is 2.10 bits per heavy atom. The summed E-state index contributed by atoms with van der Waals surface area (Å²) in [6.07, 6.45) is 1.07. The van der Waals surface area contributed by atoms with Crippen LogP contribution >= 0.6 is 0 Å². The van der Waals surface area contributed by atoms with Gasteiger partial charge in [0, 0.05) is 57.0 Å². The van der Waals surface area contributed by atoms with Gasteiger partial charge in [-0.3, -0.25) is 4.79 Å². The topological polar surface area (TPSA) is 85.0 Å². The molecule has 2 rings (SSSR count). The van der Waals surface area contributed by atoms with Crippen LogP contribution in [0.2, 0.25) is 0 Å². The number of carbonyl (C=O) groups excluding carboxylic acids is 1. The number of benzene rings is 1. The van der Waals surface area contributed by atoms with E-state index >= 15 is 0 Å². The van der Waals surface area contributed by atoms with Gasteiger partial charge in [0.2, 0.25) is 0 Å². The van der Waals surface area contributed by atoms with Crippen LogP contribution in [0.5, 0.6) is 5.75 Å². The molecule has 0 spiro atoms. The maximum absolute atomic E-state index is 12.5. The lowest BCUT2D eigenvalue weighted by atomic mass is 9.93. The van der Waals surface area contributed by atoms with Crippen molar-refractivity contribution in [1.82, 2.24) is 4.90 Å². The van der Waals surface area contributed by atoms with E-state index < -0.39 is 5.60 Å². The molecule has 0 bridgehead atoms. The number of amides is 1. The minimum atomic E-state index is -0.882. The van der Waals surface area contributed by atoms with Gasteiger partial charge >= 0.3 is 0 Å². The molecule has 1 heterocycles. The lowest BCUT2D eigenvalue weighted by Gasteiger charge is -2.35. The van der Waals surface area contributed by atoms with Crippen LogP contribution in [0, 0.1) is 0 Å². The summed E-state index contributed by atoms with van der Waals surface area (Å²) in [7, 11) is 3.20. The second-order valence-corrected chi connectivity index (χ2v) is 5.49. The van der Waals surface area contributed by atoms with Crippen molar-refractivity contribution in [1.29, 1.82) is 0 Å². The Hall–Kier alpha value is -1.79. The third-order valence-electron chi connectivity index (χ3n) is 3.71. The van der Waals surface area contributed by atoms with E-state index in [0.717, 1.165) is 0 Å². The first kappa shape index (κ1) is 15.6. The number of rotatable bonds is 4. The molecule has 3 N–H and O–H groups in total. The van der Waals surface area contributed by atoms with E-state index in [0.29, 0.717) is 43.1 Å². The predicted molar refractivity (Wildman–Crippen MR) is 79.4 cm³/mol. The second-order valence-electron chi connectivity index (χ2n) is 5.49. The fraction of sp³-hybridized carbons (Fsp3) is 0.533. The van der Waals surface area contributed by atoms with Gasteiger partial charge in [-0.2, -0.15) is 0 Å². The number of carbonyl (C=O) groups is 1. The molecule has 1 aromatic carbocycles. The molecule has 1 aliphatic heterocycles. The molecule has 1 amide bonds. The fourth-order valence-electron chi connectivity index (χ4n) is 2.51. The van der Waals surface area contributed by atoms with Crippen LogP contribution in [0.15, 0.2) is 18.2 Å². The average Bonchev–Trinajstić information content (AvgIpc) is 2.46. The highest BCUT2D eigenvalue weighted by atomic mass is 16.5. The monoisotopic (exact) mass is 294 g/mol. The van der Waals surface area contributed by atoms with Gasteiger partial charge in [-0.15, -0.1) is 0 Å². The molecule has 0 radical (unpaired) electrons. The first-order chi connectivity index (χ1) is 9.93. The Labute approximate surface area is 124 Å². The van der Waals surface area contributed by atoms with Crippen LogP contribution in [0.4, 0.5) is 5.69 Å². The first-order valence-electron chi connectivity index (χ1n) is 6.94. The van der Waals surface area contributed by atoms with Crippen LogP contribution in [-0.4, -0.2) is 55.4 Å². The summed E-state index contributed by atoms with van der Waals surface area (Å²) in [6.45, 7) is 1.31. The minimum Gasteiger partial charge on any atom is -0.497 e. The van der Waals surface area contributed by atoms with Crippen LogP contribution in [0.3, 0.4) is 0 Å². The van der Waals surface area contributed by atoms with Crippen molar-refractivity contribution in [2.24, 2.45) is 0 Å². The van der Waals surface area contributed by atoms with Gasteiger partial charge in [-0.1, -0.05) is 0 Å². The molecule has 0 aromatic heterocycles. The predicted octanol–water partition coefficient (Wildman–Crippen LogP) is 0.891. The quantitative estimate of drug-likeness (QED) is 0.806. The maximum atomic E-state index is 12.5. The Morgan fingerprint density at radius 3 is 2.71 bits per heavy atom. The summed E-state index contributed by atoms with van der Waals surface area (Å²) in [4.78, 5) is 14.0. The Balaban J connectivity index is 2.10. The molecule has 1 aliphatic rings. The van der Waals surface area contributed by atoms with E-state index in [1.165, 1.54) is 12.0 Å². The van der Waals surface area contributed by atoms with Crippen molar-refractivity contribution in [2.45, 2.75) is 18.4 Å². The van der Waals surface area contributed by atoms with Crippen LogP contribution < -0.4 is 10.5 Å². The number of ether oxygens (including phenoxy) is 2. The van der Waals surface area contributed by atoms with Crippen molar-refractivity contribution < 1.29 is 19.4 Å². The van der Waals surface area contributed by atoms with Gasteiger partial charge in [0.1, 0.15) is 5.75 Å². The third kappa shape index (κ3) is 3.86. The van der Waals surface area contributed by atoms with E-state index in [2.05, 4.69) is 0 Å². The SMILES string of the molecule is COc1cc(N)cc(C(=O)N(C)CC2(O)CCOCC2)c1. The van der Waals surface area contributed by atoms with Gasteiger partial charge in [0.25, 0.3) is 5.91 Å². The van der Waals surface area contributed by atoms with Gasteiger partial charge in [0.15, 0.2) is 0 Å². The number of likely N-dealkylation sites (N-methyl/N-ethyl adjacent to an activating group) is 1. The molecule has 0 saturated carbocycles. The number of methoxy groups -OCH3 is 1. The fourth-order valence-corrected chi connectivity index (χ4v) is 2.51. The molecular formula is C15H22N2O4. The Morgan fingerprint density at radius 1 is 1.43 bits per heavy atom. The zero-order valence-corrected chi connectivity index (χ0v) is 12.5. The number of anilines is 1. The van der Waals surface area contributed by atoms with Gasteiger partial charge in [-0.05, 0) is 12.1 Å². The van der Waals surface area contributed by atoms with Crippen LogP contribution in [0.1, 0.15) is 23.2 Å². The van der Waals surface area contributed by atoms with E-state index in [4.69, 9.17) is 15.2 Å². The van der Waals surface area contributed by atoms with Crippen molar-refractivity contribution >= 4 is 11.6 Å². The molecule has 6 nitrogen and oxygen atoms in total. The minimum absolute atomic E-state index is 0.194. The highest BCUT2D eigenvalue weighted by Gasteiger charge is 2.32. The van der Waals surface area contributed by atoms with Gasteiger partial charge in [-0.25, -0.2) is 0 Å². The van der Waals surface area contributed by atoms with Crippen molar-refractivity contribution in [2.75, 3.05) is 39.6 Å². The molecule has 0 unspecified atom stereocenters. The number of nitrogens with two attached hydrogens (primary N) is 1. The van der Waals surface area contributed by atoms with Gasteiger partial charge < -0.3 is 25.2 Å². The van der Waals surface area contributed by atoms with Crippen molar-refractivity contribution in [3.05, 3.63) is 23.8 Å². The smallest absolute Gasteiger partial charge is 0.253 e. The number of hydrogen-bond donors (Lipinski definition) is 2. The van der Waals surface area contributed by atoms with Crippen LogP contribution in [0.25, 0.3) is 0 Å². The molecule has 21 heavy (non-hydrogen) atoms. The maximum Gasteiger partial charge on any atom is 0.253 e. The highest BCUT2D eigenvalue weighted by molar-refractivity contribution is 5.95. The number of nitrogens with zero attached hydrogens (tertiary/aromatic N) is 1. The van der Waals surface area contributed by atoms with E-state index in [1.807, 2.05) is 0 Å². The third-order valence-corrected chi connectivity index (χ3v) is 3.71. The lowest BCUT2D eigenvalue weighted by molar-refractivity contribution is -0.0734. The Bertz CT molecular complexity index is 512. The molecule has 116 valence electrons. The molecule has 1 saturated heterocycles. The summed E-state index contributed by atoms with van der Waals surface area (Å²) < 4.78 is 10.4. The summed E-state index contributed by atoms with van der Waals surface area (Å²) in [5, 5.41) is 10.5. The molecule has 0 aliphatic carbocycles. The lowest BCUT2D eigenvalue weighted by Crippen LogP contribution is -2.47. The zero-order chi connectivity index (χ0) is 15.5. The van der Waals surface area contributed by atoms with E-state index in [9.17, 15) is 9.90 Å². The molecular weight excluding hydrogens is 272 g/mol. The number of hydrogen-bond acceptors (Lipinski definition) is 5. The highest BCUT2D eigenvalue weighted by Crippen LogP contribution is 2.23.